The number of aryl methyl sites for hydroxylation is 3. The molecule has 4 N–H and O–H groups in total. The van der Waals surface area contributed by atoms with Gasteiger partial charge in [0.1, 0.15) is 8.07 Å². The zero-order chi connectivity index (χ0) is 31.3. The second kappa shape index (κ2) is 11.1. The van der Waals surface area contributed by atoms with Crippen molar-refractivity contribution in [3.05, 3.63) is 162 Å². The molecule has 2 aromatic carbocycles. The van der Waals surface area contributed by atoms with E-state index in [1.807, 2.05) is 0 Å². The van der Waals surface area contributed by atoms with Gasteiger partial charge in [-0.1, -0.05) is 55.4 Å². The fourth-order valence-electron chi connectivity index (χ4n) is 6.33. The summed E-state index contributed by atoms with van der Waals surface area (Å²) >= 11 is 0. The van der Waals surface area contributed by atoms with Gasteiger partial charge in [-0.3, -0.25) is 0 Å². The summed E-state index contributed by atoms with van der Waals surface area (Å²) < 4.78 is 0. The summed E-state index contributed by atoms with van der Waals surface area (Å²) in [5, 5.41) is 4.20. The predicted octanol–water partition coefficient (Wildman–Crippen LogP) is 5.62. The lowest BCUT2D eigenvalue weighted by atomic mass is 9.92. The zero-order valence-electron chi connectivity index (χ0n) is 26.7. The van der Waals surface area contributed by atoms with Crippen LogP contribution in [0.25, 0.3) is 23.3 Å². The Bertz CT molecular complexity index is 2360. The van der Waals surface area contributed by atoms with E-state index < -0.39 is 8.07 Å². The Balaban J connectivity index is 1.54. The molecule has 8 bridgehead atoms. The first-order chi connectivity index (χ1) is 21.6. The Morgan fingerprint density at radius 2 is 1.11 bits per heavy atom. The van der Waals surface area contributed by atoms with Gasteiger partial charge in [0.2, 0.25) is 0 Å². The number of nitrogens with one attached hydrogen (secondary N) is 4. The minimum absolute atomic E-state index is 1.03. The molecule has 0 aliphatic carbocycles. The zero-order valence-corrected chi connectivity index (χ0v) is 27.7. The highest BCUT2D eigenvalue weighted by Gasteiger charge is 2.17. The molecule has 0 atom stereocenters. The van der Waals surface area contributed by atoms with E-state index in [2.05, 4.69) is 169 Å². The Kier molecular flexibility index (Phi) is 7.03. The lowest BCUT2D eigenvalue weighted by Crippen LogP contribution is -2.18. The lowest BCUT2D eigenvalue weighted by Gasteiger charge is -2.14. The number of benzene rings is 2. The number of aromatic nitrogens is 4. The van der Waals surface area contributed by atoms with Crippen molar-refractivity contribution >= 4 is 31.4 Å². The third kappa shape index (κ3) is 5.85. The van der Waals surface area contributed by atoms with Gasteiger partial charge in [-0.2, -0.15) is 0 Å². The predicted molar refractivity (Wildman–Crippen MR) is 189 cm³/mol. The highest BCUT2D eigenvalue weighted by Crippen LogP contribution is 2.28. The van der Waals surface area contributed by atoms with Crippen molar-refractivity contribution in [2.45, 2.75) is 40.4 Å². The monoisotopic (exact) mass is 602 g/mol. The number of hydrogen-bond donors (Lipinski definition) is 4. The van der Waals surface area contributed by atoms with Crippen LogP contribution in [0.4, 0.5) is 0 Å². The number of H-pyrrole nitrogens is 4. The largest absolute Gasteiger partial charge is 0.355 e. The van der Waals surface area contributed by atoms with Crippen molar-refractivity contribution in [2.24, 2.45) is 0 Å². The second-order valence-corrected chi connectivity index (χ2v) is 17.9. The van der Waals surface area contributed by atoms with Crippen LogP contribution in [0.5, 0.6) is 0 Å². The molecule has 5 heteroatoms. The molecule has 1 aliphatic heterocycles. The van der Waals surface area contributed by atoms with Crippen LogP contribution in [0.2, 0.25) is 19.6 Å². The molecular weight excluding hydrogens is 565 g/mol. The van der Waals surface area contributed by atoms with Gasteiger partial charge in [-0.05, 0) is 116 Å². The van der Waals surface area contributed by atoms with Crippen molar-refractivity contribution in [2.75, 3.05) is 0 Å². The van der Waals surface area contributed by atoms with Gasteiger partial charge in [0.05, 0.1) is 0 Å². The topological polar surface area (TPSA) is 63.2 Å². The first kappa shape index (κ1) is 28.6. The highest BCUT2D eigenvalue weighted by molar-refractivity contribution is 6.83. The van der Waals surface area contributed by atoms with E-state index in [0.717, 1.165) is 66.4 Å². The van der Waals surface area contributed by atoms with Crippen LogP contribution >= 0.6 is 0 Å². The molecule has 0 saturated carbocycles. The molecule has 4 nitrogen and oxygen atoms in total. The van der Waals surface area contributed by atoms with Gasteiger partial charge in [0, 0.05) is 60.9 Å². The van der Waals surface area contributed by atoms with E-state index in [1.54, 1.807) is 0 Å². The fourth-order valence-corrected chi connectivity index (χ4v) is 6.85. The summed E-state index contributed by atoms with van der Waals surface area (Å²) in [6, 6.07) is 30.5. The van der Waals surface area contributed by atoms with Crippen LogP contribution < -0.4 is 21.4 Å². The Labute approximate surface area is 265 Å². The third-order valence-electron chi connectivity index (χ3n) is 8.22. The van der Waals surface area contributed by atoms with Crippen molar-refractivity contribution < 1.29 is 0 Å². The van der Waals surface area contributed by atoms with Crippen LogP contribution in [0.15, 0.2) is 84.9 Å². The minimum Gasteiger partial charge on any atom is -0.355 e. The quantitative estimate of drug-likeness (QED) is 0.147. The summed E-state index contributed by atoms with van der Waals surface area (Å²) in [4.78, 5) is 14.8. The van der Waals surface area contributed by atoms with Crippen molar-refractivity contribution in [3.63, 3.8) is 0 Å². The average Bonchev–Trinajstić information content (AvgIpc) is 3.80. The minimum atomic E-state index is -1.46. The maximum atomic E-state index is 3.86. The Morgan fingerprint density at radius 3 is 1.69 bits per heavy atom. The van der Waals surface area contributed by atoms with E-state index in [9.17, 15) is 0 Å². The van der Waals surface area contributed by atoms with Crippen molar-refractivity contribution in [3.8, 4) is 11.5 Å². The van der Waals surface area contributed by atoms with E-state index >= 15 is 0 Å². The van der Waals surface area contributed by atoms with Crippen LogP contribution in [-0.4, -0.2) is 28.0 Å². The summed E-state index contributed by atoms with van der Waals surface area (Å²) in [7, 11) is -1.46. The SMILES string of the molecule is Cc1cc(C)c(C2=c3ccc([nH]3)=C(c3ccc(C#C[Si](C)(C)C)cc3)c3ccc([nH]3)C=c3ccc([nH]3)=Cc3ccc2[nH]3)c(C)c1. The maximum Gasteiger partial charge on any atom is 0.129 e. The molecule has 45 heavy (non-hydrogen) atoms. The van der Waals surface area contributed by atoms with Crippen molar-refractivity contribution in [1.29, 1.82) is 0 Å². The molecule has 222 valence electrons. The summed E-state index contributed by atoms with van der Waals surface area (Å²) in [6.07, 6.45) is 4.30. The van der Waals surface area contributed by atoms with Gasteiger partial charge in [0.15, 0.2) is 0 Å². The molecular formula is C40H38N4Si. The summed E-state index contributed by atoms with van der Waals surface area (Å²) in [5.74, 6) is 3.40. The Morgan fingerprint density at radius 1 is 0.556 bits per heavy atom. The number of hydrogen-bond acceptors (Lipinski definition) is 0. The van der Waals surface area contributed by atoms with Gasteiger partial charge >= 0.3 is 0 Å². The standard InChI is InChI=1S/C40H38N4Si/c1-25-21-26(2)38(27(3)22-25)40-36-16-14-33(43-36)24-31-12-11-30(41-31)23-32-13-15-34(42-32)39(35-17-18-37(40)44-35)29-9-7-28(8-10-29)19-20-45(4,5)6/h7-18,21-24,41-44H,1-6H3. The van der Waals surface area contributed by atoms with Crippen LogP contribution in [0.3, 0.4) is 0 Å². The number of rotatable bonds is 2. The van der Waals surface area contributed by atoms with Gasteiger partial charge in [0.25, 0.3) is 0 Å². The molecule has 5 heterocycles. The highest BCUT2D eigenvalue weighted by atomic mass is 28.3. The van der Waals surface area contributed by atoms with Gasteiger partial charge < -0.3 is 19.9 Å². The average molecular weight is 603 g/mol. The number of aromatic amines is 4. The maximum absolute atomic E-state index is 3.86. The molecule has 0 radical (unpaired) electrons. The molecule has 7 rings (SSSR count). The van der Waals surface area contributed by atoms with Gasteiger partial charge in [-0.15, -0.1) is 5.54 Å². The fraction of sp³-hybridized carbons (Fsp3) is 0.150. The second-order valence-electron chi connectivity index (χ2n) is 13.2. The smallest absolute Gasteiger partial charge is 0.129 e. The van der Waals surface area contributed by atoms with Crippen LogP contribution in [0.1, 0.15) is 56.2 Å². The van der Waals surface area contributed by atoms with Crippen molar-refractivity contribution in [1.82, 2.24) is 19.9 Å². The normalized spacial score (nSPS) is 12.8. The first-order valence-electron chi connectivity index (χ1n) is 15.5. The molecule has 6 aromatic rings. The van der Waals surface area contributed by atoms with Gasteiger partial charge in [-0.25, -0.2) is 0 Å². The molecule has 0 fully saturated rings. The molecule has 1 aliphatic rings. The van der Waals surface area contributed by atoms with E-state index in [0.29, 0.717) is 0 Å². The first-order valence-corrected chi connectivity index (χ1v) is 19.0. The lowest BCUT2D eigenvalue weighted by molar-refractivity contribution is 1.19. The molecule has 4 aromatic heterocycles. The molecule has 0 saturated heterocycles. The summed E-state index contributed by atoms with van der Waals surface area (Å²) in [6.45, 7) is 13.4. The molecule has 0 spiro atoms. The molecule has 0 amide bonds. The number of fused-ring (bicyclic) bond motifs is 8. The van der Waals surface area contributed by atoms with E-state index in [1.165, 1.54) is 22.3 Å². The van der Waals surface area contributed by atoms with Crippen LogP contribution in [-0.2, 0) is 0 Å². The van der Waals surface area contributed by atoms with E-state index in [4.69, 9.17) is 0 Å². The Hall–Kier alpha value is -5.18. The van der Waals surface area contributed by atoms with E-state index in [-0.39, 0.29) is 0 Å². The van der Waals surface area contributed by atoms with Crippen LogP contribution in [0, 0.1) is 32.2 Å². The molecule has 0 unspecified atom stereocenters. The summed E-state index contributed by atoms with van der Waals surface area (Å²) in [5.41, 5.74) is 17.2. The third-order valence-corrected chi connectivity index (χ3v) is 9.09.